The molecule has 2 rings (SSSR count). The number of rotatable bonds is 2. The highest BCUT2D eigenvalue weighted by molar-refractivity contribution is 6.30. The largest absolute Gasteiger partial charge is 0.322 e. The van der Waals surface area contributed by atoms with E-state index >= 15 is 0 Å². The molecule has 0 heterocycles. The Morgan fingerprint density at radius 2 is 1.95 bits per heavy atom. The summed E-state index contributed by atoms with van der Waals surface area (Å²) in [5.74, 6) is 5.54. The Labute approximate surface area is 129 Å². The van der Waals surface area contributed by atoms with Gasteiger partial charge in [-0.1, -0.05) is 23.4 Å². The smallest absolute Gasteiger partial charge is 0.255 e. The average molecular weight is 299 g/mol. The average Bonchev–Trinajstić information content (AvgIpc) is 2.47. The van der Waals surface area contributed by atoms with E-state index in [4.69, 9.17) is 17.3 Å². The number of nitrogens with two attached hydrogens (primary N) is 1. The molecule has 0 fully saturated rings. The van der Waals surface area contributed by atoms with Crippen LogP contribution in [0.15, 0.2) is 42.5 Å². The number of amides is 1. The molecule has 0 bridgehead atoms. The second-order valence-corrected chi connectivity index (χ2v) is 4.99. The second kappa shape index (κ2) is 6.94. The van der Waals surface area contributed by atoms with Gasteiger partial charge in [0, 0.05) is 21.8 Å². The van der Waals surface area contributed by atoms with Gasteiger partial charge in [0.05, 0.1) is 6.54 Å². The Balaban J connectivity index is 2.22. The van der Waals surface area contributed by atoms with E-state index in [1.807, 2.05) is 19.1 Å². The molecule has 2 aromatic rings. The molecule has 3 N–H and O–H groups in total. The molecule has 0 unspecified atom stereocenters. The summed E-state index contributed by atoms with van der Waals surface area (Å²) in [5.41, 5.74) is 8.37. The van der Waals surface area contributed by atoms with Gasteiger partial charge in [0.25, 0.3) is 5.91 Å². The Kier molecular flexibility index (Phi) is 4.99. The van der Waals surface area contributed by atoms with Crippen molar-refractivity contribution in [3.05, 3.63) is 64.2 Å². The maximum absolute atomic E-state index is 12.3. The normalized spacial score (nSPS) is 9.67. The van der Waals surface area contributed by atoms with Crippen molar-refractivity contribution in [3.63, 3.8) is 0 Å². The lowest BCUT2D eigenvalue weighted by Crippen LogP contribution is -2.12. The van der Waals surface area contributed by atoms with E-state index in [9.17, 15) is 4.79 Å². The number of carbonyl (C=O) groups is 1. The molecule has 0 aromatic heterocycles. The van der Waals surface area contributed by atoms with Crippen LogP contribution in [-0.4, -0.2) is 12.5 Å². The van der Waals surface area contributed by atoms with Gasteiger partial charge in [-0.15, -0.1) is 0 Å². The molecule has 1 amide bonds. The van der Waals surface area contributed by atoms with Crippen LogP contribution in [0.2, 0.25) is 5.02 Å². The lowest BCUT2D eigenvalue weighted by atomic mass is 10.1. The Bertz CT molecular complexity index is 712. The molecule has 4 heteroatoms. The van der Waals surface area contributed by atoms with Crippen LogP contribution >= 0.6 is 11.6 Å². The van der Waals surface area contributed by atoms with Crippen LogP contribution in [0, 0.1) is 18.8 Å². The van der Waals surface area contributed by atoms with Crippen molar-refractivity contribution < 1.29 is 4.79 Å². The molecule has 0 radical (unpaired) electrons. The van der Waals surface area contributed by atoms with Crippen LogP contribution in [0.4, 0.5) is 5.69 Å². The fourth-order valence-electron chi connectivity index (χ4n) is 1.88. The highest BCUT2D eigenvalue weighted by Gasteiger charge is 2.07. The first-order chi connectivity index (χ1) is 10.1. The monoisotopic (exact) mass is 298 g/mol. The summed E-state index contributed by atoms with van der Waals surface area (Å²) >= 11 is 5.82. The van der Waals surface area contributed by atoms with Gasteiger partial charge < -0.3 is 11.1 Å². The van der Waals surface area contributed by atoms with Crippen molar-refractivity contribution in [2.75, 3.05) is 11.9 Å². The van der Waals surface area contributed by atoms with E-state index in [1.54, 1.807) is 30.3 Å². The van der Waals surface area contributed by atoms with Gasteiger partial charge in [-0.2, -0.15) is 0 Å². The van der Waals surface area contributed by atoms with Crippen molar-refractivity contribution in [2.24, 2.45) is 5.73 Å². The highest BCUT2D eigenvalue weighted by atomic mass is 35.5. The summed E-state index contributed by atoms with van der Waals surface area (Å²) in [5, 5.41) is 3.45. The summed E-state index contributed by atoms with van der Waals surface area (Å²) in [6.07, 6.45) is 0. The topological polar surface area (TPSA) is 55.1 Å². The van der Waals surface area contributed by atoms with Gasteiger partial charge in [-0.25, -0.2) is 0 Å². The number of aryl methyl sites for hydroxylation is 1. The highest BCUT2D eigenvalue weighted by Crippen LogP contribution is 2.15. The number of anilines is 1. The molecule has 0 saturated heterocycles. The van der Waals surface area contributed by atoms with E-state index in [1.165, 1.54) is 0 Å². The number of nitrogens with one attached hydrogen (secondary N) is 1. The number of carbonyl (C=O) groups excluding carboxylic acids is 1. The fraction of sp³-hybridized carbons (Fsp3) is 0.118. The molecule has 0 atom stereocenters. The van der Waals surface area contributed by atoms with Crippen molar-refractivity contribution in [1.82, 2.24) is 0 Å². The quantitative estimate of drug-likeness (QED) is 0.837. The molecule has 106 valence electrons. The zero-order chi connectivity index (χ0) is 15.2. The minimum Gasteiger partial charge on any atom is -0.322 e. The van der Waals surface area contributed by atoms with E-state index in [-0.39, 0.29) is 5.91 Å². The summed E-state index contributed by atoms with van der Waals surface area (Å²) < 4.78 is 0. The Hall–Kier alpha value is -2.28. The van der Waals surface area contributed by atoms with Crippen molar-refractivity contribution in [2.45, 2.75) is 6.92 Å². The first-order valence-corrected chi connectivity index (χ1v) is 6.84. The lowest BCUT2D eigenvalue weighted by Gasteiger charge is -2.07. The zero-order valence-corrected chi connectivity index (χ0v) is 12.4. The maximum Gasteiger partial charge on any atom is 0.255 e. The molecule has 0 spiro atoms. The van der Waals surface area contributed by atoms with E-state index < -0.39 is 0 Å². The Morgan fingerprint density at radius 3 is 2.62 bits per heavy atom. The predicted octanol–water partition coefficient (Wildman–Crippen LogP) is 3.21. The summed E-state index contributed by atoms with van der Waals surface area (Å²) in [6, 6.07) is 12.5. The fourth-order valence-corrected chi connectivity index (χ4v) is 2.00. The molecule has 0 aliphatic carbocycles. The van der Waals surface area contributed by atoms with Gasteiger partial charge >= 0.3 is 0 Å². The van der Waals surface area contributed by atoms with Gasteiger partial charge in [-0.3, -0.25) is 4.79 Å². The number of hydrogen-bond acceptors (Lipinski definition) is 2. The molecular formula is C17H15ClN2O. The first-order valence-electron chi connectivity index (χ1n) is 6.46. The van der Waals surface area contributed by atoms with E-state index in [0.717, 1.165) is 11.1 Å². The molecular weight excluding hydrogens is 284 g/mol. The van der Waals surface area contributed by atoms with Crippen LogP contribution in [-0.2, 0) is 0 Å². The van der Waals surface area contributed by atoms with Gasteiger partial charge in [-0.05, 0) is 55.0 Å². The molecule has 0 aliphatic rings. The minimum atomic E-state index is -0.183. The standard InChI is InChI=1S/C17H15ClN2O/c1-12-9-13(3-2-8-19)11-14(10-12)17(21)20-16-6-4-15(18)5-7-16/h4-7,9-11H,8,19H2,1H3,(H,20,21). The number of halogens is 1. The number of benzene rings is 2. The zero-order valence-electron chi connectivity index (χ0n) is 11.6. The summed E-state index contributed by atoms with van der Waals surface area (Å²) in [7, 11) is 0. The third-order valence-electron chi connectivity index (χ3n) is 2.78. The van der Waals surface area contributed by atoms with Gasteiger partial charge in [0.1, 0.15) is 0 Å². The molecule has 3 nitrogen and oxygen atoms in total. The van der Waals surface area contributed by atoms with E-state index in [0.29, 0.717) is 22.8 Å². The van der Waals surface area contributed by atoms with Crippen molar-refractivity contribution in [3.8, 4) is 11.8 Å². The van der Waals surface area contributed by atoms with E-state index in [2.05, 4.69) is 17.2 Å². The maximum atomic E-state index is 12.3. The van der Waals surface area contributed by atoms with Crippen molar-refractivity contribution in [1.29, 1.82) is 0 Å². The van der Waals surface area contributed by atoms with Crippen LogP contribution < -0.4 is 11.1 Å². The minimum absolute atomic E-state index is 0.183. The van der Waals surface area contributed by atoms with Crippen molar-refractivity contribution >= 4 is 23.2 Å². The predicted molar refractivity (Wildman–Crippen MR) is 86.5 cm³/mol. The van der Waals surface area contributed by atoms with Crippen LogP contribution in [0.1, 0.15) is 21.5 Å². The van der Waals surface area contributed by atoms with Crippen LogP contribution in [0.5, 0.6) is 0 Å². The van der Waals surface area contributed by atoms with Crippen LogP contribution in [0.25, 0.3) is 0 Å². The second-order valence-electron chi connectivity index (χ2n) is 4.55. The lowest BCUT2D eigenvalue weighted by molar-refractivity contribution is 0.102. The van der Waals surface area contributed by atoms with Crippen LogP contribution in [0.3, 0.4) is 0 Å². The van der Waals surface area contributed by atoms with Gasteiger partial charge in [0.2, 0.25) is 0 Å². The molecule has 2 aromatic carbocycles. The molecule has 0 saturated carbocycles. The third-order valence-corrected chi connectivity index (χ3v) is 3.03. The summed E-state index contributed by atoms with van der Waals surface area (Å²) in [6.45, 7) is 2.22. The number of hydrogen-bond donors (Lipinski definition) is 2. The first kappa shape index (κ1) is 15.1. The summed E-state index contributed by atoms with van der Waals surface area (Å²) in [4.78, 5) is 12.3. The Morgan fingerprint density at radius 1 is 1.24 bits per heavy atom. The SMILES string of the molecule is Cc1cc(C#CCN)cc(C(=O)Nc2ccc(Cl)cc2)c1. The third kappa shape index (κ3) is 4.35. The van der Waals surface area contributed by atoms with Gasteiger partial charge in [0.15, 0.2) is 0 Å². The molecule has 0 aliphatic heterocycles. The molecule has 21 heavy (non-hydrogen) atoms.